The van der Waals surface area contributed by atoms with E-state index < -0.39 is 28.5 Å². The summed E-state index contributed by atoms with van der Waals surface area (Å²) in [4.78, 5) is 30.0. The summed E-state index contributed by atoms with van der Waals surface area (Å²) in [5.74, 6) is -0.573. The van der Waals surface area contributed by atoms with Crippen molar-refractivity contribution in [3.63, 3.8) is 0 Å². The van der Waals surface area contributed by atoms with E-state index in [9.17, 15) is 18.0 Å². The molecule has 1 N–H and O–H groups in total. The van der Waals surface area contributed by atoms with Gasteiger partial charge in [0.15, 0.2) is 0 Å². The fourth-order valence-electron chi connectivity index (χ4n) is 4.98. The number of amides is 2. The van der Waals surface area contributed by atoms with E-state index in [1.54, 1.807) is 48.5 Å². The van der Waals surface area contributed by atoms with E-state index in [-0.39, 0.29) is 29.7 Å². The Labute approximate surface area is 275 Å². The van der Waals surface area contributed by atoms with E-state index in [0.717, 1.165) is 26.6 Å². The normalized spacial score (nSPS) is 12.0. The standard InChI is InChI=1S/C36H40BrN3O4S/c1-26(2)23-38-36(42)34(21-29-11-6-5-7-12-29)39(24-30-13-8-10-28(4)20-30)35(41)25-40(32-15-9-14-31(37)22-32)45(43,44)33-18-16-27(3)17-19-33/h5-20,22,26,34H,21,23-25H2,1-4H3,(H,38,42). The highest BCUT2D eigenvalue weighted by Gasteiger charge is 2.34. The van der Waals surface area contributed by atoms with Crippen LogP contribution in [0.5, 0.6) is 0 Å². The molecule has 4 aromatic rings. The maximum atomic E-state index is 14.5. The molecule has 0 aliphatic rings. The van der Waals surface area contributed by atoms with Crippen molar-refractivity contribution in [2.75, 3.05) is 17.4 Å². The molecule has 45 heavy (non-hydrogen) atoms. The number of aryl methyl sites for hydroxylation is 2. The van der Waals surface area contributed by atoms with Gasteiger partial charge in [-0.25, -0.2) is 8.42 Å². The molecule has 1 atom stereocenters. The Balaban J connectivity index is 1.80. The minimum absolute atomic E-state index is 0.0709. The van der Waals surface area contributed by atoms with Crippen molar-refractivity contribution in [3.8, 4) is 0 Å². The van der Waals surface area contributed by atoms with Crippen molar-refractivity contribution in [1.29, 1.82) is 0 Å². The predicted molar refractivity (Wildman–Crippen MR) is 183 cm³/mol. The lowest BCUT2D eigenvalue weighted by atomic mass is 10.0. The molecule has 0 fully saturated rings. The van der Waals surface area contributed by atoms with Crippen LogP contribution in [0.4, 0.5) is 5.69 Å². The van der Waals surface area contributed by atoms with Crippen molar-refractivity contribution in [2.24, 2.45) is 5.92 Å². The monoisotopic (exact) mass is 689 g/mol. The van der Waals surface area contributed by atoms with E-state index in [1.165, 1.54) is 4.90 Å². The topological polar surface area (TPSA) is 86.8 Å². The summed E-state index contributed by atoms with van der Waals surface area (Å²) in [6.07, 6.45) is 0.268. The zero-order valence-corrected chi connectivity index (χ0v) is 28.5. The number of hydrogen-bond donors (Lipinski definition) is 1. The van der Waals surface area contributed by atoms with Crippen LogP contribution in [0.15, 0.2) is 112 Å². The number of halogens is 1. The molecule has 0 saturated heterocycles. The molecule has 4 aromatic carbocycles. The third-order valence-electron chi connectivity index (χ3n) is 7.38. The van der Waals surface area contributed by atoms with Gasteiger partial charge in [-0.05, 0) is 61.2 Å². The first-order valence-corrected chi connectivity index (χ1v) is 17.2. The second-order valence-electron chi connectivity index (χ2n) is 11.7. The van der Waals surface area contributed by atoms with Crippen LogP contribution < -0.4 is 9.62 Å². The van der Waals surface area contributed by atoms with Crippen LogP contribution in [0.1, 0.15) is 36.1 Å². The summed E-state index contributed by atoms with van der Waals surface area (Å²) < 4.78 is 30.1. The molecule has 0 heterocycles. The second-order valence-corrected chi connectivity index (χ2v) is 14.4. The Bertz CT molecular complexity index is 1710. The molecule has 0 spiro atoms. The molecule has 4 rings (SSSR count). The quantitative estimate of drug-likeness (QED) is 0.170. The molecule has 0 aromatic heterocycles. The van der Waals surface area contributed by atoms with Gasteiger partial charge in [-0.2, -0.15) is 0 Å². The van der Waals surface area contributed by atoms with Crippen molar-refractivity contribution < 1.29 is 18.0 Å². The summed E-state index contributed by atoms with van der Waals surface area (Å²) in [7, 11) is -4.16. The fourth-order valence-corrected chi connectivity index (χ4v) is 6.77. The number of rotatable bonds is 13. The maximum absolute atomic E-state index is 14.5. The van der Waals surface area contributed by atoms with Gasteiger partial charge < -0.3 is 10.2 Å². The first-order valence-electron chi connectivity index (χ1n) is 15.0. The molecule has 0 saturated carbocycles. The fraction of sp³-hybridized carbons (Fsp3) is 0.278. The Kier molecular flexibility index (Phi) is 11.6. The second kappa shape index (κ2) is 15.4. The van der Waals surface area contributed by atoms with Crippen LogP contribution in [-0.2, 0) is 32.6 Å². The number of carbonyl (C=O) groups excluding carboxylic acids is 2. The summed E-state index contributed by atoms with van der Waals surface area (Å²) in [6, 6.07) is 29.8. The number of nitrogens with one attached hydrogen (secondary N) is 1. The van der Waals surface area contributed by atoms with Crippen LogP contribution in [0, 0.1) is 19.8 Å². The smallest absolute Gasteiger partial charge is 0.264 e. The average Bonchev–Trinajstić information content (AvgIpc) is 3.01. The van der Waals surface area contributed by atoms with Gasteiger partial charge in [0.05, 0.1) is 10.6 Å². The lowest BCUT2D eigenvalue weighted by Crippen LogP contribution is -2.53. The van der Waals surface area contributed by atoms with Gasteiger partial charge in [-0.3, -0.25) is 13.9 Å². The first kappa shape index (κ1) is 33.9. The van der Waals surface area contributed by atoms with Gasteiger partial charge in [0, 0.05) is 24.0 Å². The molecule has 0 aliphatic heterocycles. The van der Waals surface area contributed by atoms with Crippen molar-refractivity contribution in [1.82, 2.24) is 10.2 Å². The number of hydrogen-bond acceptors (Lipinski definition) is 4. The number of carbonyl (C=O) groups is 2. The highest BCUT2D eigenvalue weighted by molar-refractivity contribution is 9.10. The summed E-state index contributed by atoms with van der Waals surface area (Å²) in [6.45, 7) is 7.94. The van der Waals surface area contributed by atoms with Crippen molar-refractivity contribution in [3.05, 3.63) is 130 Å². The molecular formula is C36H40BrN3O4S. The number of nitrogens with zero attached hydrogens (tertiary/aromatic N) is 2. The van der Waals surface area contributed by atoms with Gasteiger partial charge in [0.1, 0.15) is 12.6 Å². The summed E-state index contributed by atoms with van der Waals surface area (Å²) in [5, 5.41) is 3.02. The van der Waals surface area contributed by atoms with Gasteiger partial charge in [0.2, 0.25) is 11.8 Å². The highest BCUT2D eigenvalue weighted by atomic mass is 79.9. The van der Waals surface area contributed by atoms with Crippen LogP contribution in [-0.4, -0.2) is 44.3 Å². The first-order chi connectivity index (χ1) is 21.4. The number of benzene rings is 4. The van der Waals surface area contributed by atoms with Crippen molar-refractivity contribution >= 4 is 43.5 Å². The predicted octanol–water partition coefficient (Wildman–Crippen LogP) is 6.67. The number of anilines is 1. The van der Waals surface area contributed by atoms with E-state index in [0.29, 0.717) is 16.7 Å². The molecule has 1 unspecified atom stereocenters. The SMILES string of the molecule is Cc1ccc(S(=O)(=O)N(CC(=O)N(Cc2cccc(C)c2)C(Cc2ccccc2)C(=O)NCC(C)C)c2cccc(Br)c2)cc1. The zero-order valence-electron chi connectivity index (χ0n) is 26.1. The molecule has 9 heteroatoms. The van der Waals surface area contributed by atoms with Gasteiger partial charge in [0.25, 0.3) is 10.0 Å². The molecule has 0 aliphatic carbocycles. The van der Waals surface area contributed by atoms with Crippen LogP contribution in [0.2, 0.25) is 0 Å². The largest absolute Gasteiger partial charge is 0.354 e. The Morgan fingerprint density at radius 1 is 0.800 bits per heavy atom. The van der Waals surface area contributed by atoms with Crippen LogP contribution in [0.25, 0.3) is 0 Å². The molecular weight excluding hydrogens is 650 g/mol. The van der Waals surface area contributed by atoms with Crippen LogP contribution >= 0.6 is 15.9 Å². The third kappa shape index (κ3) is 9.28. The molecule has 0 radical (unpaired) electrons. The van der Waals surface area contributed by atoms with Crippen molar-refractivity contribution in [2.45, 2.75) is 51.6 Å². The number of sulfonamides is 1. The Morgan fingerprint density at radius 2 is 1.47 bits per heavy atom. The lowest BCUT2D eigenvalue weighted by Gasteiger charge is -2.34. The molecule has 0 bridgehead atoms. The molecule has 7 nitrogen and oxygen atoms in total. The Morgan fingerprint density at radius 3 is 2.11 bits per heavy atom. The molecule has 2 amide bonds. The minimum atomic E-state index is -4.16. The van der Waals surface area contributed by atoms with Gasteiger partial charge in [-0.15, -0.1) is 0 Å². The highest BCUT2D eigenvalue weighted by Crippen LogP contribution is 2.27. The van der Waals surface area contributed by atoms with E-state index in [4.69, 9.17) is 0 Å². The molecule has 236 valence electrons. The lowest BCUT2D eigenvalue weighted by molar-refractivity contribution is -0.140. The van der Waals surface area contributed by atoms with E-state index in [2.05, 4.69) is 21.2 Å². The van der Waals surface area contributed by atoms with E-state index >= 15 is 0 Å². The van der Waals surface area contributed by atoms with E-state index in [1.807, 2.05) is 82.3 Å². The maximum Gasteiger partial charge on any atom is 0.264 e. The third-order valence-corrected chi connectivity index (χ3v) is 9.66. The zero-order chi connectivity index (χ0) is 32.6. The van der Waals surface area contributed by atoms with Crippen LogP contribution in [0.3, 0.4) is 0 Å². The summed E-state index contributed by atoms with van der Waals surface area (Å²) in [5.41, 5.74) is 3.99. The Hall–Kier alpha value is -3.95. The summed E-state index contributed by atoms with van der Waals surface area (Å²) >= 11 is 3.45. The minimum Gasteiger partial charge on any atom is -0.354 e. The van der Waals surface area contributed by atoms with Gasteiger partial charge >= 0.3 is 0 Å². The van der Waals surface area contributed by atoms with Gasteiger partial charge in [-0.1, -0.05) is 114 Å². The average molecular weight is 691 g/mol.